The molecule has 0 saturated heterocycles. The maximum absolute atomic E-state index is 6.50. The molecule has 0 unspecified atom stereocenters. The lowest BCUT2D eigenvalue weighted by atomic mass is 9.98. The fraction of sp³-hybridized carbons (Fsp3) is 0. The van der Waals surface area contributed by atoms with Gasteiger partial charge in [-0.15, -0.1) is 0 Å². The zero-order valence-electron chi connectivity index (χ0n) is 31.3. The number of nitrogens with zero attached hydrogens (tertiary/aromatic N) is 3. The molecule has 0 N–H and O–H groups in total. The van der Waals surface area contributed by atoms with E-state index in [-0.39, 0.29) is 0 Å². The smallest absolute Gasteiger partial charge is 0.135 e. The first-order chi connectivity index (χ1) is 28.8. The third-order valence-electron chi connectivity index (χ3n) is 12.2. The van der Waals surface area contributed by atoms with Gasteiger partial charge in [-0.05, 0) is 96.1 Å². The van der Waals surface area contributed by atoms with E-state index >= 15 is 0 Å². The summed E-state index contributed by atoms with van der Waals surface area (Å²) >= 11 is 0. The fourth-order valence-corrected chi connectivity index (χ4v) is 9.76. The molecular formula is C54H33N3O. The number of benzene rings is 9. The van der Waals surface area contributed by atoms with Gasteiger partial charge in [0.25, 0.3) is 0 Å². The van der Waals surface area contributed by atoms with Gasteiger partial charge in [-0.25, -0.2) is 0 Å². The SMILES string of the molecule is c1ccc(-n2c3ccccc3c3ccc(-c4cccc5c4c4ccccc4n5-c4ccc5oc6ccc(-n7c8ccccc8c8ccccc87)cc6c5c4)cc32)cc1. The maximum atomic E-state index is 6.50. The Morgan fingerprint density at radius 3 is 1.34 bits per heavy atom. The van der Waals surface area contributed by atoms with Gasteiger partial charge in [0.05, 0.1) is 33.1 Å². The number of rotatable bonds is 4. The second kappa shape index (κ2) is 11.8. The quantitative estimate of drug-likeness (QED) is 0.177. The van der Waals surface area contributed by atoms with Crippen LogP contribution in [0.25, 0.3) is 116 Å². The van der Waals surface area contributed by atoms with E-state index in [9.17, 15) is 0 Å². The molecule has 0 bridgehead atoms. The van der Waals surface area contributed by atoms with Crippen LogP contribution in [0.3, 0.4) is 0 Å². The van der Waals surface area contributed by atoms with Crippen LogP contribution in [0, 0.1) is 0 Å². The van der Waals surface area contributed by atoms with E-state index in [2.05, 4.69) is 214 Å². The zero-order valence-corrected chi connectivity index (χ0v) is 31.3. The second-order valence-electron chi connectivity index (χ2n) is 15.3. The van der Waals surface area contributed by atoms with Crippen molar-refractivity contribution >= 4 is 87.4 Å². The van der Waals surface area contributed by atoms with Crippen LogP contribution in [0.5, 0.6) is 0 Å². The molecule has 4 nitrogen and oxygen atoms in total. The summed E-state index contributed by atoms with van der Waals surface area (Å²) < 4.78 is 13.7. The molecule has 270 valence electrons. The van der Waals surface area contributed by atoms with Gasteiger partial charge >= 0.3 is 0 Å². The van der Waals surface area contributed by atoms with Crippen molar-refractivity contribution in [1.82, 2.24) is 13.7 Å². The van der Waals surface area contributed by atoms with E-state index in [1.807, 2.05) is 0 Å². The van der Waals surface area contributed by atoms with E-state index in [0.717, 1.165) is 39.0 Å². The van der Waals surface area contributed by atoms with Gasteiger partial charge in [0, 0.05) is 60.2 Å². The molecule has 0 aliphatic rings. The molecule has 9 aromatic carbocycles. The first kappa shape index (κ1) is 31.4. The highest BCUT2D eigenvalue weighted by Gasteiger charge is 2.20. The molecule has 58 heavy (non-hydrogen) atoms. The molecule has 0 aliphatic carbocycles. The van der Waals surface area contributed by atoms with E-state index in [4.69, 9.17) is 4.42 Å². The first-order valence-corrected chi connectivity index (χ1v) is 19.8. The van der Waals surface area contributed by atoms with E-state index < -0.39 is 0 Å². The monoisotopic (exact) mass is 739 g/mol. The van der Waals surface area contributed by atoms with Gasteiger partial charge in [-0.2, -0.15) is 0 Å². The molecular weight excluding hydrogens is 707 g/mol. The lowest BCUT2D eigenvalue weighted by Gasteiger charge is -2.11. The van der Waals surface area contributed by atoms with Gasteiger partial charge in [0.15, 0.2) is 0 Å². The summed E-state index contributed by atoms with van der Waals surface area (Å²) in [4.78, 5) is 0. The topological polar surface area (TPSA) is 27.9 Å². The van der Waals surface area contributed by atoms with Crippen LogP contribution in [0.4, 0.5) is 0 Å². The van der Waals surface area contributed by atoms with Crippen LogP contribution in [0.1, 0.15) is 0 Å². The van der Waals surface area contributed by atoms with Gasteiger partial charge in [-0.3, -0.25) is 0 Å². The summed E-state index contributed by atoms with van der Waals surface area (Å²) in [6.07, 6.45) is 0. The van der Waals surface area contributed by atoms with Crippen LogP contribution in [-0.4, -0.2) is 13.7 Å². The molecule has 4 heteroatoms. The summed E-state index contributed by atoms with van der Waals surface area (Å²) in [6.45, 7) is 0. The summed E-state index contributed by atoms with van der Waals surface area (Å²) in [5.41, 5.74) is 14.7. The second-order valence-corrected chi connectivity index (χ2v) is 15.3. The fourth-order valence-electron chi connectivity index (χ4n) is 9.76. The molecule has 4 heterocycles. The van der Waals surface area contributed by atoms with Gasteiger partial charge in [0.1, 0.15) is 11.2 Å². The van der Waals surface area contributed by atoms with Crippen LogP contribution >= 0.6 is 0 Å². The minimum Gasteiger partial charge on any atom is -0.456 e. The van der Waals surface area contributed by atoms with Crippen LogP contribution in [0.2, 0.25) is 0 Å². The molecule has 0 saturated carbocycles. The van der Waals surface area contributed by atoms with Crippen molar-refractivity contribution in [2.24, 2.45) is 0 Å². The third kappa shape index (κ3) is 4.34. The van der Waals surface area contributed by atoms with E-state index in [0.29, 0.717) is 0 Å². The minimum absolute atomic E-state index is 0.877. The van der Waals surface area contributed by atoms with Crippen molar-refractivity contribution in [1.29, 1.82) is 0 Å². The highest BCUT2D eigenvalue weighted by atomic mass is 16.3. The lowest BCUT2D eigenvalue weighted by Crippen LogP contribution is -1.94. The Labute approximate surface area is 332 Å². The van der Waals surface area contributed by atoms with Gasteiger partial charge in [-0.1, -0.05) is 115 Å². The summed E-state index contributed by atoms with van der Waals surface area (Å²) in [6, 6.07) is 72.5. The highest BCUT2D eigenvalue weighted by Crippen LogP contribution is 2.42. The number of para-hydroxylation sites is 5. The average molecular weight is 740 g/mol. The molecule has 0 amide bonds. The molecule has 0 radical (unpaired) electrons. The molecule has 0 fully saturated rings. The molecule has 13 rings (SSSR count). The number of furan rings is 1. The normalized spacial score (nSPS) is 12.1. The average Bonchev–Trinajstić information content (AvgIpc) is 4.02. The summed E-state index contributed by atoms with van der Waals surface area (Å²) in [5, 5.41) is 9.67. The van der Waals surface area contributed by atoms with Crippen molar-refractivity contribution in [3.63, 3.8) is 0 Å². The largest absolute Gasteiger partial charge is 0.456 e. The molecule has 0 aliphatic heterocycles. The highest BCUT2D eigenvalue weighted by molar-refractivity contribution is 6.18. The lowest BCUT2D eigenvalue weighted by molar-refractivity contribution is 0.669. The van der Waals surface area contributed by atoms with Crippen molar-refractivity contribution in [2.45, 2.75) is 0 Å². The molecule has 4 aromatic heterocycles. The zero-order chi connectivity index (χ0) is 37.9. The Morgan fingerprint density at radius 2 is 0.741 bits per heavy atom. The van der Waals surface area contributed by atoms with Crippen LogP contribution < -0.4 is 0 Å². The minimum atomic E-state index is 0.877. The van der Waals surface area contributed by atoms with Crippen molar-refractivity contribution in [3.05, 3.63) is 200 Å². The third-order valence-corrected chi connectivity index (χ3v) is 12.2. The Balaban J connectivity index is 1.02. The Bertz CT molecular complexity index is 3750. The molecule has 0 spiro atoms. The number of hydrogen-bond acceptors (Lipinski definition) is 1. The van der Waals surface area contributed by atoms with Crippen molar-refractivity contribution in [2.75, 3.05) is 0 Å². The van der Waals surface area contributed by atoms with Crippen molar-refractivity contribution < 1.29 is 4.42 Å². The molecule has 0 atom stereocenters. The number of hydrogen-bond donors (Lipinski definition) is 0. The standard InChI is InChI=1S/C54H33N3O/c1-2-13-35(14-3-1)55-46-20-8-6-17-41(46)42-28-25-34(31-51(42)55)38-19-12-24-50-54(38)43-18-7-11-23-49(43)57(50)37-27-30-53-45(33-37)44-32-36(26-29-52(44)58-53)56-47-21-9-4-15-39(47)40-16-5-10-22-48(40)56/h1-33H. The maximum Gasteiger partial charge on any atom is 0.135 e. The number of aromatic nitrogens is 3. The Morgan fingerprint density at radius 1 is 0.276 bits per heavy atom. The number of fused-ring (bicyclic) bond motifs is 12. The summed E-state index contributed by atoms with van der Waals surface area (Å²) in [7, 11) is 0. The van der Waals surface area contributed by atoms with Gasteiger partial charge in [0.2, 0.25) is 0 Å². The van der Waals surface area contributed by atoms with Crippen LogP contribution in [-0.2, 0) is 0 Å². The Kier molecular flexibility index (Phi) is 6.41. The molecule has 13 aromatic rings. The predicted octanol–water partition coefficient (Wildman–Crippen LogP) is 14.5. The van der Waals surface area contributed by atoms with Crippen molar-refractivity contribution in [3.8, 4) is 28.2 Å². The summed E-state index contributed by atoms with van der Waals surface area (Å²) in [5.74, 6) is 0. The van der Waals surface area contributed by atoms with Crippen LogP contribution in [0.15, 0.2) is 205 Å². The van der Waals surface area contributed by atoms with E-state index in [1.165, 1.54) is 76.5 Å². The first-order valence-electron chi connectivity index (χ1n) is 19.8. The van der Waals surface area contributed by atoms with E-state index in [1.54, 1.807) is 0 Å². The predicted molar refractivity (Wildman–Crippen MR) is 242 cm³/mol. The van der Waals surface area contributed by atoms with Gasteiger partial charge < -0.3 is 18.1 Å². The Hall–Kier alpha value is -7.82.